The molecule has 0 saturated heterocycles. The maximum Gasteiger partial charge on any atom is 0.472 e. The number of hydrogen-bond donors (Lipinski definition) is 3. The Balaban J connectivity index is 5.16. The first-order chi connectivity index (χ1) is 42.4. The van der Waals surface area contributed by atoms with Crippen LogP contribution in [0.1, 0.15) is 350 Å². The fourth-order valence-electron chi connectivity index (χ4n) is 10.4. The molecule has 0 radical (unpaired) electrons. The molecule has 0 saturated carbocycles. The fourth-order valence-corrected chi connectivity index (χ4v) is 11.9. The quantitative estimate of drug-likeness (QED) is 0.0222. The summed E-state index contributed by atoms with van der Waals surface area (Å²) in [6.07, 6.45) is 46.1. The van der Waals surface area contributed by atoms with Crippen LogP contribution in [0.2, 0.25) is 0 Å². The Morgan fingerprint density at radius 1 is 0.318 bits per heavy atom. The summed E-state index contributed by atoms with van der Waals surface area (Å²) < 4.78 is 68.1. The second-order valence-electron chi connectivity index (χ2n) is 25.4. The number of phosphoric ester groups is 2. The Hall–Kier alpha value is -1.94. The average molecular weight is 1300 g/mol. The van der Waals surface area contributed by atoms with Crippen molar-refractivity contribution in [2.75, 3.05) is 39.6 Å². The summed E-state index contributed by atoms with van der Waals surface area (Å²) in [7, 11) is -9.89. The number of carbonyl (C=O) groups excluding carboxylic acids is 4. The highest BCUT2D eigenvalue weighted by atomic mass is 31.2. The minimum atomic E-state index is -4.95. The van der Waals surface area contributed by atoms with Crippen molar-refractivity contribution in [3.63, 3.8) is 0 Å². The van der Waals surface area contributed by atoms with E-state index in [1.165, 1.54) is 154 Å². The van der Waals surface area contributed by atoms with Crippen LogP contribution in [0.4, 0.5) is 0 Å². The molecule has 0 aromatic carbocycles. The molecule has 19 heteroatoms. The number of aliphatic hydroxyl groups is 1. The van der Waals surface area contributed by atoms with Crippen molar-refractivity contribution < 1.29 is 80.2 Å². The monoisotopic (exact) mass is 1300 g/mol. The molecule has 0 aromatic rings. The van der Waals surface area contributed by atoms with Gasteiger partial charge in [-0.1, -0.05) is 298 Å². The molecule has 88 heavy (non-hydrogen) atoms. The van der Waals surface area contributed by atoms with Crippen molar-refractivity contribution >= 4 is 39.5 Å². The molecule has 0 aliphatic heterocycles. The minimum absolute atomic E-state index is 0.103. The van der Waals surface area contributed by atoms with E-state index >= 15 is 0 Å². The van der Waals surface area contributed by atoms with E-state index in [-0.39, 0.29) is 25.7 Å². The molecule has 0 amide bonds. The summed E-state index contributed by atoms with van der Waals surface area (Å²) in [5.74, 6) is -0.683. The van der Waals surface area contributed by atoms with E-state index in [9.17, 15) is 43.2 Å². The minimum Gasteiger partial charge on any atom is -0.462 e. The maximum atomic E-state index is 13.0. The second-order valence-corrected chi connectivity index (χ2v) is 28.3. The van der Waals surface area contributed by atoms with Crippen LogP contribution in [-0.4, -0.2) is 96.7 Å². The predicted octanol–water partition coefficient (Wildman–Crippen LogP) is 19.6. The van der Waals surface area contributed by atoms with Crippen LogP contribution in [0, 0.1) is 11.8 Å². The summed E-state index contributed by atoms with van der Waals surface area (Å²) in [4.78, 5) is 72.3. The molecule has 0 spiro atoms. The van der Waals surface area contributed by atoms with Gasteiger partial charge in [0.2, 0.25) is 0 Å². The van der Waals surface area contributed by atoms with Gasteiger partial charge in [0.15, 0.2) is 12.2 Å². The molecule has 0 bridgehead atoms. The Morgan fingerprint density at radius 2 is 0.545 bits per heavy atom. The van der Waals surface area contributed by atoms with Crippen LogP contribution in [0.3, 0.4) is 0 Å². The van der Waals surface area contributed by atoms with Crippen LogP contribution in [0.5, 0.6) is 0 Å². The molecular weight excluding hydrogens is 1160 g/mol. The van der Waals surface area contributed by atoms with Crippen LogP contribution in [0.25, 0.3) is 0 Å². The molecule has 4 unspecified atom stereocenters. The van der Waals surface area contributed by atoms with Crippen molar-refractivity contribution in [2.45, 2.75) is 368 Å². The number of hydrogen-bond acceptors (Lipinski definition) is 15. The molecule has 0 rings (SSSR count). The Labute approximate surface area is 537 Å². The number of rotatable bonds is 68. The Kier molecular flexibility index (Phi) is 59.9. The van der Waals surface area contributed by atoms with E-state index in [2.05, 4.69) is 41.5 Å². The lowest BCUT2D eigenvalue weighted by molar-refractivity contribution is -0.161. The molecule has 17 nitrogen and oxygen atoms in total. The standard InChI is InChI=1S/C69H134O17P2/c1-7-11-13-15-17-19-20-21-22-23-24-25-26-27-28-29-30-32-41-47-53-68(73)85-64(58-80-67(72)52-46-40-35-33-37-43-49-61(5)9-3)59-83-87(75,76)81-55-63(70)56-82-88(77,78)84-60-65(57-79-66(71)51-45-39-31-18-16-14-12-8-2)86-69(74)54-48-42-36-34-38-44-50-62(6)10-4/h61-65,70H,7-60H2,1-6H3,(H,75,76)(H,77,78)/t61?,62?,63-,64-,65-/m1/s1. The number of esters is 4. The summed E-state index contributed by atoms with van der Waals surface area (Å²) in [5, 5.41) is 10.6. The summed E-state index contributed by atoms with van der Waals surface area (Å²) >= 11 is 0. The lowest BCUT2D eigenvalue weighted by Crippen LogP contribution is -2.30. The van der Waals surface area contributed by atoms with Gasteiger partial charge in [-0.2, -0.15) is 0 Å². The smallest absolute Gasteiger partial charge is 0.462 e. The maximum absolute atomic E-state index is 13.0. The highest BCUT2D eigenvalue weighted by Crippen LogP contribution is 2.45. The van der Waals surface area contributed by atoms with E-state index in [4.69, 9.17) is 37.0 Å². The molecule has 522 valence electrons. The third-order valence-electron chi connectivity index (χ3n) is 16.7. The predicted molar refractivity (Wildman–Crippen MR) is 354 cm³/mol. The molecular formula is C69H134O17P2. The van der Waals surface area contributed by atoms with E-state index in [1.807, 2.05) is 0 Å². The van der Waals surface area contributed by atoms with Gasteiger partial charge in [0.25, 0.3) is 0 Å². The molecule has 0 heterocycles. The van der Waals surface area contributed by atoms with Gasteiger partial charge in [-0.25, -0.2) is 9.13 Å². The fraction of sp³-hybridized carbons (Fsp3) is 0.942. The van der Waals surface area contributed by atoms with Crippen LogP contribution < -0.4 is 0 Å². The van der Waals surface area contributed by atoms with Gasteiger partial charge in [0.05, 0.1) is 26.4 Å². The highest BCUT2D eigenvalue weighted by Gasteiger charge is 2.30. The summed E-state index contributed by atoms with van der Waals surface area (Å²) in [5.41, 5.74) is 0. The van der Waals surface area contributed by atoms with Crippen molar-refractivity contribution in [3.8, 4) is 0 Å². The molecule has 0 fully saturated rings. The zero-order valence-electron chi connectivity index (χ0n) is 57.0. The van der Waals surface area contributed by atoms with Crippen molar-refractivity contribution in [1.82, 2.24) is 0 Å². The van der Waals surface area contributed by atoms with Crippen LogP contribution in [-0.2, 0) is 65.4 Å². The lowest BCUT2D eigenvalue weighted by Gasteiger charge is -2.21. The first-order valence-corrected chi connectivity index (χ1v) is 39.1. The van der Waals surface area contributed by atoms with Crippen molar-refractivity contribution in [3.05, 3.63) is 0 Å². The molecule has 3 N–H and O–H groups in total. The second kappa shape index (κ2) is 61.3. The third-order valence-corrected chi connectivity index (χ3v) is 18.6. The molecule has 0 aliphatic carbocycles. The van der Waals surface area contributed by atoms with Gasteiger partial charge in [-0.3, -0.25) is 37.3 Å². The third kappa shape index (κ3) is 60.3. The van der Waals surface area contributed by atoms with Gasteiger partial charge >= 0.3 is 39.5 Å². The molecule has 0 aromatic heterocycles. The molecule has 0 aliphatic rings. The Morgan fingerprint density at radius 3 is 0.807 bits per heavy atom. The largest absolute Gasteiger partial charge is 0.472 e. The summed E-state index contributed by atoms with van der Waals surface area (Å²) in [6, 6.07) is 0. The number of ether oxygens (including phenoxy) is 4. The van der Waals surface area contributed by atoms with E-state index in [0.29, 0.717) is 25.7 Å². The average Bonchev–Trinajstić information content (AvgIpc) is 3.70. The van der Waals surface area contributed by atoms with Gasteiger partial charge < -0.3 is 33.8 Å². The first kappa shape index (κ1) is 86.1. The van der Waals surface area contributed by atoms with E-state index in [1.54, 1.807) is 0 Å². The van der Waals surface area contributed by atoms with Gasteiger partial charge in [0, 0.05) is 25.7 Å². The van der Waals surface area contributed by atoms with Gasteiger partial charge in [-0.15, -0.1) is 0 Å². The number of phosphoric acid groups is 2. The molecule has 7 atom stereocenters. The number of carbonyl (C=O) groups is 4. The topological polar surface area (TPSA) is 237 Å². The van der Waals surface area contributed by atoms with Crippen molar-refractivity contribution in [2.24, 2.45) is 11.8 Å². The van der Waals surface area contributed by atoms with E-state index in [0.717, 1.165) is 115 Å². The summed E-state index contributed by atoms with van der Waals surface area (Å²) in [6.45, 7) is 9.42. The van der Waals surface area contributed by atoms with Crippen molar-refractivity contribution in [1.29, 1.82) is 0 Å². The van der Waals surface area contributed by atoms with Gasteiger partial charge in [-0.05, 0) is 37.5 Å². The zero-order chi connectivity index (χ0) is 65.0. The number of aliphatic hydroxyl groups excluding tert-OH is 1. The van der Waals surface area contributed by atoms with Crippen LogP contribution >= 0.6 is 15.6 Å². The highest BCUT2D eigenvalue weighted by molar-refractivity contribution is 7.47. The lowest BCUT2D eigenvalue weighted by atomic mass is 10.00. The number of unbranched alkanes of at least 4 members (excludes halogenated alkanes) is 36. The first-order valence-electron chi connectivity index (χ1n) is 36.1. The van der Waals surface area contributed by atoms with Crippen LogP contribution in [0.15, 0.2) is 0 Å². The zero-order valence-corrected chi connectivity index (χ0v) is 58.8. The Bertz CT molecular complexity index is 1720. The SMILES string of the molecule is CCCCCCCCCCCCCCCCCCCCCCC(=O)O[C@H](COC(=O)CCCCCCCCC(C)CC)COP(=O)(O)OC[C@@H](O)COP(=O)(O)OC[C@@H](COC(=O)CCCCCCCCCC)OC(=O)CCCCCCCCC(C)CC. The normalized spacial score (nSPS) is 14.8. The van der Waals surface area contributed by atoms with Gasteiger partial charge in [0.1, 0.15) is 19.3 Å². The van der Waals surface area contributed by atoms with E-state index < -0.39 is 97.5 Å².